The Morgan fingerprint density at radius 3 is 2.28 bits per heavy atom. The molecule has 2 aromatic carbocycles. The van der Waals surface area contributed by atoms with Gasteiger partial charge in [-0.1, -0.05) is 56.2 Å². The summed E-state index contributed by atoms with van der Waals surface area (Å²) in [4.78, 5) is 7.75. The zero-order valence-corrected chi connectivity index (χ0v) is 22.6. The number of hydrazine groups is 1. The molecule has 0 radical (unpaired) electrons. The number of rotatable bonds is 11. The summed E-state index contributed by atoms with van der Waals surface area (Å²) in [5.41, 5.74) is 10.1. The second-order valence-electron chi connectivity index (χ2n) is 10.8. The molecule has 1 N–H and O–H groups in total. The van der Waals surface area contributed by atoms with Crippen LogP contribution in [0.15, 0.2) is 54.6 Å². The molecule has 3 aliphatic rings. The number of imidazole rings is 1. The van der Waals surface area contributed by atoms with Crippen LogP contribution in [0.4, 0.5) is 11.4 Å². The van der Waals surface area contributed by atoms with Crippen molar-refractivity contribution >= 4 is 11.4 Å². The Bertz CT molecular complexity index is 1110. The van der Waals surface area contributed by atoms with Gasteiger partial charge in [-0.3, -0.25) is 15.3 Å². The van der Waals surface area contributed by atoms with Gasteiger partial charge in [-0.15, -0.1) is 0 Å². The van der Waals surface area contributed by atoms with Crippen LogP contribution in [0.25, 0.3) is 0 Å². The quantitative estimate of drug-likeness (QED) is 0.306. The van der Waals surface area contributed by atoms with E-state index in [9.17, 15) is 0 Å². The monoisotopic (exact) mass is 485 g/mol. The van der Waals surface area contributed by atoms with Crippen LogP contribution in [0.5, 0.6) is 0 Å². The Morgan fingerprint density at radius 2 is 1.61 bits per heavy atom. The first-order valence-electron chi connectivity index (χ1n) is 14.1. The first-order valence-corrected chi connectivity index (χ1v) is 14.1. The maximum Gasteiger partial charge on any atom is 0.106 e. The lowest BCUT2D eigenvalue weighted by atomic mass is 9.76. The lowest BCUT2D eigenvalue weighted by molar-refractivity contribution is -0.0488. The van der Waals surface area contributed by atoms with E-state index in [1.54, 1.807) is 0 Å². The predicted octanol–water partition coefficient (Wildman–Crippen LogP) is 6.72. The second-order valence-corrected chi connectivity index (χ2v) is 10.8. The van der Waals surface area contributed by atoms with Crippen LogP contribution in [0.2, 0.25) is 0 Å². The van der Waals surface area contributed by atoms with Crippen LogP contribution in [0.1, 0.15) is 74.8 Å². The van der Waals surface area contributed by atoms with E-state index in [1.807, 2.05) is 0 Å². The molecule has 3 aromatic rings. The van der Waals surface area contributed by atoms with Gasteiger partial charge < -0.3 is 4.57 Å². The number of aryl methyl sites for hydroxylation is 3. The van der Waals surface area contributed by atoms with E-state index in [-0.39, 0.29) is 0 Å². The van der Waals surface area contributed by atoms with Crippen LogP contribution in [-0.2, 0) is 12.8 Å². The number of nitrogens with zero attached hydrogens (tertiary/aromatic N) is 4. The van der Waals surface area contributed by atoms with Crippen molar-refractivity contribution in [3.63, 3.8) is 0 Å². The van der Waals surface area contributed by atoms with Crippen molar-refractivity contribution in [1.29, 1.82) is 0 Å². The third kappa shape index (κ3) is 5.17. The van der Waals surface area contributed by atoms with E-state index >= 15 is 0 Å². The van der Waals surface area contributed by atoms with Crippen LogP contribution in [-0.4, -0.2) is 39.6 Å². The van der Waals surface area contributed by atoms with Crippen LogP contribution >= 0.6 is 0 Å². The SMILES string of the molecule is CCCc1c(CC)nc(C)n1C1CC2CC(C1)N2CCCN(Nc1ccc(C)cc1)c1ccccc1. The Kier molecular flexibility index (Phi) is 7.66. The van der Waals surface area contributed by atoms with E-state index in [0.717, 1.165) is 43.6 Å². The molecule has 5 nitrogen and oxygen atoms in total. The number of piperidine rings is 1. The lowest BCUT2D eigenvalue weighted by Crippen LogP contribution is -2.61. The fourth-order valence-electron chi connectivity index (χ4n) is 6.48. The van der Waals surface area contributed by atoms with Gasteiger partial charge >= 0.3 is 0 Å². The Morgan fingerprint density at radius 1 is 0.917 bits per heavy atom. The molecule has 2 unspecified atom stereocenters. The van der Waals surface area contributed by atoms with Gasteiger partial charge in [0.15, 0.2) is 0 Å². The van der Waals surface area contributed by atoms with Gasteiger partial charge in [0.25, 0.3) is 0 Å². The van der Waals surface area contributed by atoms with E-state index in [2.05, 4.69) is 102 Å². The molecule has 0 spiro atoms. The highest BCUT2D eigenvalue weighted by Gasteiger charge is 2.45. The molecule has 2 saturated heterocycles. The Balaban J connectivity index is 1.20. The zero-order valence-electron chi connectivity index (χ0n) is 22.6. The molecule has 1 aliphatic carbocycles. The number of fused-ring (bicyclic) bond motifs is 2. The molecule has 0 amide bonds. The van der Waals surface area contributed by atoms with Crippen LogP contribution in [0.3, 0.4) is 0 Å². The van der Waals surface area contributed by atoms with Crippen molar-refractivity contribution in [3.05, 3.63) is 77.4 Å². The molecule has 5 heteroatoms. The molecule has 3 heterocycles. The third-order valence-electron chi connectivity index (χ3n) is 8.21. The smallest absolute Gasteiger partial charge is 0.106 e. The minimum atomic E-state index is 0.628. The lowest BCUT2D eigenvalue weighted by Gasteiger charge is -2.56. The maximum absolute atomic E-state index is 4.96. The topological polar surface area (TPSA) is 36.3 Å². The highest BCUT2D eigenvalue weighted by Crippen LogP contribution is 2.44. The Hall–Kier alpha value is -2.79. The molecule has 3 fully saturated rings. The summed E-state index contributed by atoms with van der Waals surface area (Å²) in [5, 5.41) is 2.31. The maximum atomic E-state index is 4.96. The molecule has 36 heavy (non-hydrogen) atoms. The summed E-state index contributed by atoms with van der Waals surface area (Å²) >= 11 is 0. The summed E-state index contributed by atoms with van der Waals surface area (Å²) in [6, 6.07) is 21.5. The summed E-state index contributed by atoms with van der Waals surface area (Å²) in [7, 11) is 0. The Labute approximate surface area is 217 Å². The highest BCUT2D eigenvalue weighted by atomic mass is 15.5. The van der Waals surface area contributed by atoms with Crippen LogP contribution < -0.4 is 10.4 Å². The molecule has 1 saturated carbocycles. The van der Waals surface area contributed by atoms with Gasteiger partial charge in [-0.05, 0) is 76.6 Å². The summed E-state index contributed by atoms with van der Waals surface area (Å²) in [5.74, 6) is 1.23. The number of hydrogen-bond acceptors (Lipinski definition) is 4. The second kappa shape index (κ2) is 11.1. The van der Waals surface area contributed by atoms with Gasteiger partial charge in [-0.2, -0.15) is 0 Å². The molecular formula is C31H43N5. The molecule has 2 aliphatic heterocycles. The van der Waals surface area contributed by atoms with Crippen molar-refractivity contribution < 1.29 is 0 Å². The average Bonchev–Trinajstić information content (AvgIpc) is 3.22. The average molecular weight is 486 g/mol. The number of anilines is 2. The first kappa shape index (κ1) is 24.9. The van der Waals surface area contributed by atoms with E-state index in [1.165, 1.54) is 60.7 Å². The number of aromatic nitrogens is 2. The molecule has 1 aromatic heterocycles. The number of para-hydroxylation sites is 1. The first-order chi connectivity index (χ1) is 17.6. The summed E-state index contributed by atoms with van der Waals surface area (Å²) in [6.45, 7) is 11.0. The number of nitrogens with one attached hydrogen (secondary N) is 1. The predicted molar refractivity (Wildman–Crippen MR) is 151 cm³/mol. The van der Waals surface area contributed by atoms with E-state index in [4.69, 9.17) is 4.98 Å². The molecular weight excluding hydrogens is 442 g/mol. The van der Waals surface area contributed by atoms with Gasteiger partial charge in [0.2, 0.25) is 0 Å². The van der Waals surface area contributed by atoms with Crippen LogP contribution in [0, 0.1) is 13.8 Å². The fourth-order valence-corrected chi connectivity index (χ4v) is 6.48. The molecule has 192 valence electrons. The molecule has 6 rings (SSSR count). The minimum absolute atomic E-state index is 0.628. The van der Waals surface area contributed by atoms with Crippen molar-refractivity contribution in [2.75, 3.05) is 23.5 Å². The third-order valence-corrected chi connectivity index (χ3v) is 8.21. The van der Waals surface area contributed by atoms with Gasteiger partial charge in [0.05, 0.1) is 17.1 Å². The zero-order chi connectivity index (χ0) is 25.1. The summed E-state index contributed by atoms with van der Waals surface area (Å²) < 4.78 is 2.63. The van der Waals surface area contributed by atoms with Gasteiger partial charge in [-0.25, -0.2) is 4.98 Å². The van der Waals surface area contributed by atoms with Gasteiger partial charge in [0.1, 0.15) is 5.82 Å². The number of hydrogen-bond donors (Lipinski definition) is 1. The number of benzene rings is 2. The minimum Gasteiger partial charge on any atom is -0.329 e. The standard InChI is InChI=1S/C31H43N5/c1-5-11-31-30(6-2)32-24(4)36(31)29-21-27-20-28(22-29)34(27)18-10-19-35(26-12-8-7-9-13-26)33-25-16-14-23(3)15-17-25/h7-9,12-17,27-29,33H,5-6,10-11,18-22H2,1-4H3. The largest absolute Gasteiger partial charge is 0.329 e. The fraction of sp³-hybridized carbons (Fsp3) is 0.516. The van der Waals surface area contributed by atoms with Gasteiger partial charge in [0, 0.05) is 36.9 Å². The molecule has 2 bridgehead atoms. The highest BCUT2D eigenvalue weighted by molar-refractivity contribution is 5.55. The molecule has 2 atom stereocenters. The normalized spacial score (nSPS) is 21.3. The van der Waals surface area contributed by atoms with Crippen molar-refractivity contribution in [2.24, 2.45) is 0 Å². The van der Waals surface area contributed by atoms with E-state index < -0.39 is 0 Å². The van der Waals surface area contributed by atoms with Crippen molar-refractivity contribution in [3.8, 4) is 0 Å². The van der Waals surface area contributed by atoms with Crippen molar-refractivity contribution in [2.45, 2.75) is 90.8 Å². The van der Waals surface area contributed by atoms with Crippen molar-refractivity contribution in [1.82, 2.24) is 14.5 Å². The summed E-state index contributed by atoms with van der Waals surface area (Å²) in [6.07, 6.45) is 8.47. The van der Waals surface area contributed by atoms with E-state index in [0.29, 0.717) is 6.04 Å².